The Morgan fingerprint density at radius 3 is 0.656 bits per heavy atom. The SMILES string of the molecule is O=CCCCCCC/C=C\CCCCCCCCCOC[C@H](COP(=O)(O)OC[C@@H](O)COP(=O)(O)OC[C@@H](COCCCCCCC/C=C\CCCCCCC=O)OCCCCCCC/C=C\CCCCCCC=O)OCCCCCCCCC/C=C\CCCCCCC=O. The second-order valence-electron chi connectivity index (χ2n) is 26.1. The summed E-state index contributed by atoms with van der Waals surface area (Å²) in [6, 6.07) is 0. The first-order valence-electron chi connectivity index (χ1n) is 38.7. The van der Waals surface area contributed by atoms with Crippen molar-refractivity contribution in [3.05, 3.63) is 48.6 Å². The Morgan fingerprint density at radius 1 is 0.240 bits per heavy atom. The van der Waals surface area contributed by atoms with Crippen molar-refractivity contribution < 1.29 is 80.2 Å². The molecule has 0 rings (SSSR count). The smallest absolute Gasteiger partial charge is 0.388 e. The van der Waals surface area contributed by atoms with Crippen LogP contribution in [0.25, 0.3) is 0 Å². The number of phosphoric acid groups is 2. The number of aliphatic hydroxyl groups is 1. The van der Waals surface area contributed by atoms with Crippen molar-refractivity contribution in [3.63, 3.8) is 0 Å². The molecule has 562 valence electrons. The van der Waals surface area contributed by atoms with E-state index >= 15 is 0 Å². The van der Waals surface area contributed by atoms with Crippen LogP contribution in [0.2, 0.25) is 0 Å². The van der Waals surface area contributed by atoms with Gasteiger partial charge in [0.1, 0.15) is 43.5 Å². The lowest BCUT2D eigenvalue weighted by atomic mass is 10.1. The molecule has 0 saturated heterocycles. The molecule has 0 aromatic carbocycles. The summed E-state index contributed by atoms with van der Waals surface area (Å²) in [6.45, 7) is 0.239. The van der Waals surface area contributed by atoms with Crippen molar-refractivity contribution in [2.75, 3.05) is 66.1 Å². The van der Waals surface area contributed by atoms with Crippen LogP contribution in [0.5, 0.6) is 0 Å². The number of rotatable bonds is 82. The maximum atomic E-state index is 13.1. The third kappa shape index (κ3) is 75.9. The molecule has 0 saturated carbocycles. The first-order chi connectivity index (χ1) is 47.1. The van der Waals surface area contributed by atoms with Crippen LogP contribution >= 0.6 is 15.6 Å². The van der Waals surface area contributed by atoms with Crippen molar-refractivity contribution in [3.8, 4) is 0 Å². The zero-order valence-electron chi connectivity index (χ0n) is 60.5. The Hall–Kier alpha value is -2.34. The molecule has 0 aliphatic heterocycles. The maximum absolute atomic E-state index is 13.1. The molecule has 3 N–H and O–H groups in total. The molecular formula is C77H142O17P2. The van der Waals surface area contributed by atoms with E-state index in [2.05, 4.69) is 48.6 Å². The molecule has 0 amide bonds. The molecule has 96 heavy (non-hydrogen) atoms. The van der Waals surface area contributed by atoms with Crippen LogP contribution in [0.3, 0.4) is 0 Å². The Kier molecular flexibility index (Phi) is 75.0. The number of ether oxygens (including phenoxy) is 4. The number of phosphoric ester groups is 2. The number of unbranched alkanes of at least 4 members (excludes halogenated alkanes) is 44. The molecule has 5 atom stereocenters. The van der Waals surface area contributed by atoms with Crippen molar-refractivity contribution in [1.29, 1.82) is 0 Å². The van der Waals surface area contributed by atoms with E-state index in [1.165, 1.54) is 83.5 Å². The first kappa shape index (κ1) is 93.7. The van der Waals surface area contributed by atoms with E-state index in [0.717, 1.165) is 250 Å². The number of aliphatic hydroxyl groups excluding tert-OH is 1. The number of aldehydes is 4. The van der Waals surface area contributed by atoms with Gasteiger partial charge in [0.05, 0.1) is 39.6 Å². The van der Waals surface area contributed by atoms with Gasteiger partial charge in [-0.05, 0) is 154 Å². The van der Waals surface area contributed by atoms with Crippen LogP contribution in [-0.2, 0) is 65.4 Å². The third-order valence-electron chi connectivity index (χ3n) is 16.8. The Bertz CT molecular complexity index is 1880. The zero-order valence-corrected chi connectivity index (χ0v) is 62.2. The molecule has 0 aromatic heterocycles. The second kappa shape index (κ2) is 76.8. The molecule has 2 unspecified atom stereocenters. The molecule has 0 fully saturated rings. The number of carbonyl (C=O) groups is 4. The number of hydrogen-bond acceptors (Lipinski definition) is 15. The molecule has 0 aliphatic rings. The predicted octanol–water partition coefficient (Wildman–Crippen LogP) is 20.7. The van der Waals surface area contributed by atoms with Gasteiger partial charge < -0.3 is 53.0 Å². The highest BCUT2D eigenvalue weighted by Crippen LogP contribution is 2.45. The molecule has 0 bridgehead atoms. The van der Waals surface area contributed by atoms with Crippen LogP contribution in [0.1, 0.15) is 334 Å². The molecule has 0 radical (unpaired) electrons. The summed E-state index contributed by atoms with van der Waals surface area (Å²) in [5, 5.41) is 10.6. The summed E-state index contributed by atoms with van der Waals surface area (Å²) in [7, 11) is -9.41. The van der Waals surface area contributed by atoms with Gasteiger partial charge in [-0.2, -0.15) is 0 Å². The molecule has 0 heterocycles. The van der Waals surface area contributed by atoms with Gasteiger partial charge in [0.15, 0.2) is 0 Å². The highest BCUT2D eigenvalue weighted by molar-refractivity contribution is 7.47. The molecule has 17 nitrogen and oxygen atoms in total. The van der Waals surface area contributed by atoms with Gasteiger partial charge in [-0.3, -0.25) is 18.1 Å². The number of allylic oxidation sites excluding steroid dienone is 8. The van der Waals surface area contributed by atoms with Crippen molar-refractivity contribution in [2.45, 2.75) is 352 Å². The summed E-state index contributed by atoms with van der Waals surface area (Å²) in [6.07, 6.45) is 74.7. The minimum absolute atomic E-state index is 0.161. The van der Waals surface area contributed by atoms with E-state index in [9.17, 15) is 43.2 Å². The van der Waals surface area contributed by atoms with Gasteiger partial charge in [0.2, 0.25) is 0 Å². The van der Waals surface area contributed by atoms with Gasteiger partial charge in [0, 0.05) is 52.1 Å². The van der Waals surface area contributed by atoms with Crippen molar-refractivity contribution in [2.24, 2.45) is 0 Å². The van der Waals surface area contributed by atoms with Crippen LogP contribution in [-0.4, -0.2) is 124 Å². The van der Waals surface area contributed by atoms with E-state index in [0.29, 0.717) is 52.1 Å². The number of hydrogen-bond donors (Lipinski definition) is 3. The summed E-state index contributed by atoms with van der Waals surface area (Å²) < 4.78 is 71.3. The predicted molar refractivity (Wildman–Crippen MR) is 391 cm³/mol. The minimum atomic E-state index is -4.71. The fraction of sp³-hybridized carbons (Fsp3) is 0.844. The van der Waals surface area contributed by atoms with Crippen LogP contribution < -0.4 is 0 Å². The van der Waals surface area contributed by atoms with E-state index in [1.807, 2.05) is 0 Å². The van der Waals surface area contributed by atoms with Gasteiger partial charge in [-0.25, -0.2) is 9.13 Å². The maximum Gasteiger partial charge on any atom is 0.472 e. The molecule has 19 heteroatoms. The van der Waals surface area contributed by atoms with Gasteiger partial charge >= 0.3 is 15.6 Å². The van der Waals surface area contributed by atoms with Gasteiger partial charge in [0.25, 0.3) is 0 Å². The van der Waals surface area contributed by atoms with E-state index in [1.54, 1.807) is 0 Å². The Balaban J connectivity index is 5.04. The van der Waals surface area contributed by atoms with Crippen LogP contribution in [0.4, 0.5) is 0 Å². The fourth-order valence-corrected chi connectivity index (χ4v) is 12.4. The van der Waals surface area contributed by atoms with E-state index in [4.69, 9.17) is 37.0 Å². The summed E-state index contributed by atoms with van der Waals surface area (Å²) >= 11 is 0. The Labute approximate surface area is 585 Å². The largest absolute Gasteiger partial charge is 0.472 e. The normalized spacial score (nSPS) is 14.3. The Morgan fingerprint density at radius 2 is 0.427 bits per heavy atom. The lowest BCUT2D eigenvalue weighted by molar-refractivity contribution is -0.108. The van der Waals surface area contributed by atoms with Gasteiger partial charge in [-0.1, -0.05) is 203 Å². The quantitative estimate of drug-likeness (QED) is 0.0222. The average Bonchev–Trinajstić information content (AvgIpc) is 2.73. The molecule has 0 aliphatic carbocycles. The van der Waals surface area contributed by atoms with Crippen molar-refractivity contribution >= 4 is 40.8 Å². The summed E-state index contributed by atoms with van der Waals surface area (Å²) in [4.78, 5) is 63.1. The molecule has 0 spiro atoms. The monoisotopic (exact) mass is 1400 g/mol. The zero-order chi connectivity index (χ0) is 69.7. The summed E-state index contributed by atoms with van der Waals surface area (Å²) in [5.41, 5.74) is 0. The standard InChI is InChI=1S/C77H142O17P2/c78-61-53-45-37-29-21-13-5-1-3-9-17-25-33-41-49-57-65-87-71-76(89-67-59-51-43-35-27-19-10-4-2-6-14-22-30-38-46-54-62-79)73-93-95(83,84)91-69-75(82)70-92-96(85,86)94-74-77(90-68-60-52-44-36-28-20-12-8-16-24-32-40-48-56-64-81)72-88-66-58-50-42-34-26-18-11-7-15-23-31-39-47-55-63-80/h1-2,5-8,11-12,61-64,75-77,82H,3-4,9-10,13-60,65-74H2,(H,83,84)(H,85,86)/b5-1-,6-2-,11-7-,12-8-/t75-,76-,77-/m1/s1. The molecular weight excluding hydrogens is 1260 g/mol. The van der Waals surface area contributed by atoms with E-state index < -0.39 is 47.2 Å². The van der Waals surface area contributed by atoms with Crippen LogP contribution in [0.15, 0.2) is 48.6 Å². The van der Waals surface area contributed by atoms with E-state index in [-0.39, 0.29) is 26.4 Å². The second-order valence-corrected chi connectivity index (χ2v) is 29.0. The first-order valence-corrected chi connectivity index (χ1v) is 41.7. The third-order valence-corrected chi connectivity index (χ3v) is 18.7. The van der Waals surface area contributed by atoms with Crippen molar-refractivity contribution in [1.82, 2.24) is 0 Å². The fourth-order valence-electron chi connectivity index (χ4n) is 10.9. The highest BCUT2D eigenvalue weighted by atomic mass is 31.2. The summed E-state index contributed by atoms with van der Waals surface area (Å²) in [5.74, 6) is 0. The van der Waals surface area contributed by atoms with Crippen LogP contribution in [0, 0.1) is 0 Å². The van der Waals surface area contributed by atoms with Gasteiger partial charge in [-0.15, -0.1) is 0 Å². The molecule has 0 aromatic rings. The minimum Gasteiger partial charge on any atom is -0.388 e. The topological polar surface area (TPSA) is 237 Å². The lowest BCUT2D eigenvalue weighted by Gasteiger charge is -2.22. The highest BCUT2D eigenvalue weighted by Gasteiger charge is 2.29. The number of carbonyl (C=O) groups excluding carboxylic acids is 4. The average molecular weight is 1400 g/mol. The lowest BCUT2D eigenvalue weighted by Crippen LogP contribution is -2.27.